The second kappa shape index (κ2) is 4.26. The Morgan fingerprint density at radius 1 is 1.69 bits per heavy atom. The maximum atomic E-state index is 11.0. The molecule has 0 saturated carbocycles. The normalized spacial score (nSPS) is 20.1. The van der Waals surface area contributed by atoms with Crippen LogP contribution >= 0.6 is 12.2 Å². The fraction of sp³-hybridized carbons (Fsp3) is 0.556. The molecule has 6 nitrogen and oxygen atoms in total. The maximum Gasteiger partial charge on any atom is 0.268 e. The largest absolute Gasteiger partial charge is 0.383 e. The van der Waals surface area contributed by atoms with Gasteiger partial charge in [0.1, 0.15) is 11.5 Å². The van der Waals surface area contributed by atoms with Crippen molar-refractivity contribution in [3.8, 4) is 0 Å². The summed E-state index contributed by atoms with van der Waals surface area (Å²) in [5, 5.41) is 0. The number of nitrogen functional groups attached to an aromatic ring is 1. The van der Waals surface area contributed by atoms with E-state index in [-0.39, 0.29) is 17.6 Å². The Hall–Kier alpha value is -1.34. The average molecular weight is 242 g/mol. The summed E-state index contributed by atoms with van der Waals surface area (Å²) in [7, 11) is 0. The van der Waals surface area contributed by atoms with E-state index in [1.807, 2.05) is 0 Å². The molecule has 2 rings (SSSR count). The number of hydrogen-bond donors (Lipinski definition) is 3. The number of ether oxygens (including phenoxy) is 1. The number of imidazole rings is 1. The lowest BCUT2D eigenvalue weighted by Crippen LogP contribution is -2.18. The van der Waals surface area contributed by atoms with Gasteiger partial charge in [-0.1, -0.05) is 0 Å². The molecule has 1 saturated heterocycles. The summed E-state index contributed by atoms with van der Waals surface area (Å²) in [6, 6.07) is 0. The third-order valence-electron chi connectivity index (χ3n) is 2.68. The van der Waals surface area contributed by atoms with Gasteiger partial charge in [-0.05, 0) is 25.1 Å². The third-order valence-corrected chi connectivity index (χ3v) is 3.00. The Labute approximate surface area is 97.6 Å². The van der Waals surface area contributed by atoms with E-state index < -0.39 is 5.91 Å². The number of aromatic amines is 1. The molecule has 1 amide bonds. The zero-order valence-electron chi connectivity index (χ0n) is 8.73. The Morgan fingerprint density at radius 2 is 2.44 bits per heavy atom. The van der Waals surface area contributed by atoms with Gasteiger partial charge in [0.05, 0.1) is 12.6 Å². The average Bonchev–Trinajstić information content (AvgIpc) is 2.81. The quantitative estimate of drug-likeness (QED) is 0.668. The second-order valence-electron chi connectivity index (χ2n) is 3.80. The molecule has 1 unspecified atom stereocenters. The third kappa shape index (κ3) is 1.96. The van der Waals surface area contributed by atoms with Gasteiger partial charge in [-0.3, -0.25) is 4.79 Å². The van der Waals surface area contributed by atoms with Crippen molar-refractivity contribution in [1.82, 2.24) is 9.55 Å². The summed E-state index contributed by atoms with van der Waals surface area (Å²) in [6.07, 6.45) is 2.15. The topological polar surface area (TPSA) is 99.1 Å². The summed E-state index contributed by atoms with van der Waals surface area (Å²) in [6.45, 7) is 1.33. The highest BCUT2D eigenvalue weighted by atomic mass is 32.1. The number of H-pyrrole nitrogens is 1. The van der Waals surface area contributed by atoms with Gasteiger partial charge in [0, 0.05) is 6.61 Å². The molecule has 88 valence electrons. The first-order valence-electron chi connectivity index (χ1n) is 5.09. The van der Waals surface area contributed by atoms with Crippen LogP contribution in [-0.4, -0.2) is 28.2 Å². The van der Waals surface area contributed by atoms with Crippen LogP contribution in [0.1, 0.15) is 23.3 Å². The van der Waals surface area contributed by atoms with Crippen LogP contribution in [-0.2, 0) is 11.3 Å². The van der Waals surface area contributed by atoms with Gasteiger partial charge in [-0.25, -0.2) is 0 Å². The van der Waals surface area contributed by atoms with Crippen LogP contribution in [0.15, 0.2) is 0 Å². The standard InChI is InChI=1S/C9H14N4O2S/c10-7-6(8(11)14)12-9(16)13(7)4-5-2-1-3-15-5/h5H,1-4,10H2,(H2,11,14)(H,12,16). The number of anilines is 1. The van der Waals surface area contributed by atoms with E-state index in [0.717, 1.165) is 19.4 Å². The minimum Gasteiger partial charge on any atom is -0.383 e. The zero-order valence-corrected chi connectivity index (χ0v) is 9.55. The summed E-state index contributed by atoms with van der Waals surface area (Å²) < 4.78 is 7.55. The molecule has 1 aliphatic rings. The number of nitrogens with one attached hydrogen (secondary N) is 1. The zero-order chi connectivity index (χ0) is 11.7. The fourth-order valence-corrected chi connectivity index (χ4v) is 2.12. The molecule has 5 N–H and O–H groups in total. The van der Waals surface area contributed by atoms with Gasteiger partial charge in [-0.15, -0.1) is 0 Å². The van der Waals surface area contributed by atoms with Crippen LogP contribution in [0.2, 0.25) is 0 Å². The van der Waals surface area contributed by atoms with Crippen LogP contribution in [0.3, 0.4) is 0 Å². The molecule has 0 aromatic carbocycles. The molecule has 2 heterocycles. The SMILES string of the molecule is NC(=O)c1[nH]c(=S)n(CC2CCCO2)c1N. The first-order valence-corrected chi connectivity index (χ1v) is 5.50. The minimum absolute atomic E-state index is 0.116. The molecule has 1 atom stereocenters. The molecule has 1 aromatic rings. The van der Waals surface area contributed by atoms with E-state index in [9.17, 15) is 4.79 Å². The Bertz CT molecular complexity index is 459. The number of nitrogens with zero attached hydrogens (tertiary/aromatic N) is 1. The molecule has 1 fully saturated rings. The van der Waals surface area contributed by atoms with Crippen LogP contribution in [0.5, 0.6) is 0 Å². The van der Waals surface area contributed by atoms with E-state index in [0.29, 0.717) is 11.3 Å². The molecule has 0 spiro atoms. The molecule has 1 aromatic heterocycles. The highest BCUT2D eigenvalue weighted by molar-refractivity contribution is 7.71. The molecule has 16 heavy (non-hydrogen) atoms. The molecule has 0 bridgehead atoms. The van der Waals surface area contributed by atoms with Crippen molar-refractivity contribution < 1.29 is 9.53 Å². The van der Waals surface area contributed by atoms with Gasteiger partial charge < -0.3 is 25.8 Å². The van der Waals surface area contributed by atoms with Crippen LogP contribution in [0, 0.1) is 4.77 Å². The van der Waals surface area contributed by atoms with Gasteiger partial charge in [0.15, 0.2) is 4.77 Å². The first kappa shape index (κ1) is 11.2. The molecule has 0 radical (unpaired) electrons. The summed E-state index contributed by atoms with van der Waals surface area (Å²) in [5.41, 5.74) is 11.1. The second-order valence-corrected chi connectivity index (χ2v) is 4.19. The van der Waals surface area contributed by atoms with Gasteiger partial charge in [0.25, 0.3) is 5.91 Å². The van der Waals surface area contributed by atoms with Crippen molar-refractivity contribution in [2.75, 3.05) is 12.3 Å². The fourth-order valence-electron chi connectivity index (χ4n) is 1.84. The van der Waals surface area contributed by atoms with E-state index in [1.54, 1.807) is 4.57 Å². The van der Waals surface area contributed by atoms with E-state index in [2.05, 4.69) is 4.98 Å². The Morgan fingerprint density at radius 3 is 2.94 bits per heavy atom. The van der Waals surface area contributed by atoms with E-state index in [1.165, 1.54) is 0 Å². The number of amides is 1. The van der Waals surface area contributed by atoms with Crippen LogP contribution < -0.4 is 11.5 Å². The molecular formula is C9H14N4O2S. The van der Waals surface area contributed by atoms with E-state index in [4.69, 9.17) is 28.4 Å². The van der Waals surface area contributed by atoms with Crippen molar-refractivity contribution in [2.24, 2.45) is 5.73 Å². The number of rotatable bonds is 3. The lowest BCUT2D eigenvalue weighted by atomic mass is 10.2. The Balaban J connectivity index is 2.26. The molecular weight excluding hydrogens is 228 g/mol. The van der Waals surface area contributed by atoms with Crippen molar-refractivity contribution in [1.29, 1.82) is 0 Å². The summed E-state index contributed by atoms with van der Waals surface area (Å²) in [4.78, 5) is 13.8. The predicted molar refractivity (Wildman–Crippen MR) is 61.5 cm³/mol. The number of carbonyl (C=O) groups is 1. The maximum absolute atomic E-state index is 11.0. The van der Waals surface area contributed by atoms with Crippen molar-refractivity contribution in [3.05, 3.63) is 10.5 Å². The van der Waals surface area contributed by atoms with Crippen LogP contribution in [0.25, 0.3) is 0 Å². The Kier molecular flexibility index (Phi) is 2.97. The predicted octanol–water partition coefficient (Wildman–Crippen LogP) is 0.406. The monoisotopic (exact) mass is 242 g/mol. The van der Waals surface area contributed by atoms with Crippen molar-refractivity contribution in [3.63, 3.8) is 0 Å². The van der Waals surface area contributed by atoms with E-state index >= 15 is 0 Å². The lowest BCUT2D eigenvalue weighted by Gasteiger charge is -2.11. The number of nitrogens with two attached hydrogens (primary N) is 2. The van der Waals surface area contributed by atoms with Gasteiger partial charge in [0.2, 0.25) is 0 Å². The lowest BCUT2D eigenvalue weighted by molar-refractivity contribution is 0.0967. The first-order chi connectivity index (χ1) is 7.59. The number of hydrogen-bond acceptors (Lipinski definition) is 4. The van der Waals surface area contributed by atoms with Gasteiger partial charge in [-0.2, -0.15) is 0 Å². The van der Waals surface area contributed by atoms with Gasteiger partial charge >= 0.3 is 0 Å². The number of carbonyl (C=O) groups excluding carboxylic acids is 1. The molecule has 1 aliphatic heterocycles. The minimum atomic E-state index is -0.602. The van der Waals surface area contributed by atoms with Crippen LogP contribution in [0.4, 0.5) is 5.82 Å². The molecule has 7 heteroatoms. The number of aromatic nitrogens is 2. The van der Waals surface area contributed by atoms with Crippen molar-refractivity contribution >= 4 is 23.9 Å². The van der Waals surface area contributed by atoms with Crippen molar-refractivity contribution in [2.45, 2.75) is 25.5 Å². The number of primary amides is 1. The molecule has 0 aliphatic carbocycles. The smallest absolute Gasteiger partial charge is 0.268 e. The summed E-state index contributed by atoms with van der Waals surface area (Å²) in [5.74, 6) is -0.317. The highest BCUT2D eigenvalue weighted by Crippen LogP contribution is 2.18. The summed E-state index contributed by atoms with van der Waals surface area (Å²) >= 11 is 5.08. The highest BCUT2D eigenvalue weighted by Gasteiger charge is 2.20.